The predicted octanol–water partition coefficient (Wildman–Crippen LogP) is 4.46. The van der Waals surface area contributed by atoms with Crippen LogP contribution in [0.1, 0.15) is 11.1 Å². The number of furan rings is 1. The molecule has 0 amide bonds. The van der Waals surface area contributed by atoms with Crippen molar-refractivity contribution in [2.24, 2.45) is 0 Å². The number of rotatable bonds is 3. The van der Waals surface area contributed by atoms with E-state index in [4.69, 9.17) is 9.15 Å². The SMILES string of the molecule is Cc1cccc2c(COc3cccc(F)c3)coc12. The van der Waals surface area contributed by atoms with Gasteiger partial charge in [-0.25, -0.2) is 4.39 Å². The molecule has 0 radical (unpaired) electrons. The molecule has 3 aromatic rings. The Hall–Kier alpha value is -2.29. The van der Waals surface area contributed by atoms with E-state index in [2.05, 4.69) is 0 Å². The highest BCUT2D eigenvalue weighted by atomic mass is 19.1. The van der Waals surface area contributed by atoms with Crippen LogP contribution in [0.15, 0.2) is 53.1 Å². The minimum atomic E-state index is -0.301. The zero-order valence-corrected chi connectivity index (χ0v) is 10.5. The van der Waals surface area contributed by atoms with Crippen molar-refractivity contribution in [2.75, 3.05) is 0 Å². The van der Waals surface area contributed by atoms with Crippen LogP contribution in [0.25, 0.3) is 11.0 Å². The first kappa shape index (κ1) is 11.8. The molecule has 0 unspecified atom stereocenters. The maximum atomic E-state index is 13.0. The molecular formula is C16H13FO2. The fourth-order valence-electron chi connectivity index (χ4n) is 2.08. The van der Waals surface area contributed by atoms with Crippen LogP contribution >= 0.6 is 0 Å². The second-order valence-corrected chi connectivity index (χ2v) is 4.46. The van der Waals surface area contributed by atoms with Gasteiger partial charge >= 0.3 is 0 Å². The van der Waals surface area contributed by atoms with Crippen molar-refractivity contribution < 1.29 is 13.5 Å². The summed E-state index contributed by atoms with van der Waals surface area (Å²) in [5.74, 6) is 0.215. The number of ether oxygens (including phenoxy) is 1. The van der Waals surface area contributed by atoms with Crippen LogP contribution in [0, 0.1) is 12.7 Å². The molecule has 0 N–H and O–H groups in total. The third-order valence-corrected chi connectivity index (χ3v) is 3.07. The lowest BCUT2D eigenvalue weighted by molar-refractivity contribution is 0.304. The van der Waals surface area contributed by atoms with Gasteiger partial charge < -0.3 is 9.15 Å². The molecule has 0 aliphatic heterocycles. The summed E-state index contributed by atoms with van der Waals surface area (Å²) in [6.07, 6.45) is 1.69. The summed E-state index contributed by atoms with van der Waals surface area (Å²) in [5, 5.41) is 1.04. The van der Waals surface area contributed by atoms with Gasteiger partial charge in [0.2, 0.25) is 0 Å². The third kappa shape index (κ3) is 2.32. The highest BCUT2D eigenvalue weighted by Crippen LogP contribution is 2.25. The van der Waals surface area contributed by atoms with Gasteiger partial charge in [-0.15, -0.1) is 0 Å². The molecule has 3 heteroatoms. The summed E-state index contributed by atoms with van der Waals surface area (Å²) in [6, 6.07) is 12.1. The van der Waals surface area contributed by atoms with Crippen LogP contribution in [-0.2, 0) is 6.61 Å². The molecule has 3 rings (SSSR count). The van der Waals surface area contributed by atoms with Gasteiger partial charge in [0, 0.05) is 17.0 Å². The van der Waals surface area contributed by atoms with Crippen molar-refractivity contribution in [1.82, 2.24) is 0 Å². The zero-order chi connectivity index (χ0) is 13.2. The van der Waals surface area contributed by atoms with E-state index >= 15 is 0 Å². The molecular weight excluding hydrogens is 243 g/mol. The van der Waals surface area contributed by atoms with Crippen molar-refractivity contribution in [3.63, 3.8) is 0 Å². The number of hydrogen-bond donors (Lipinski definition) is 0. The molecule has 0 aliphatic carbocycles. The van der Waals surface area contributed by atoms with Crippen molar-refractivity contribution in [3.8, 4) is 5.75 Å². The second kappa shape index (κ2) is 4.76. The molecule has 2 aromatic carbocycles. The lowest BCUT2D eigenvalue weighted by Gasteiger charge is -2.04. The van der Waals surface area contributed by atoms with E-state index in [0.29, 0.717) is 12.4 Å². The van der Waals surface area contributed by atoms with Crippen LogP contribution in [0.3, 0.4) is 0 Å². The molecule has 0 aliphatic rings. The quantitative estimate of drug-likeness (QED) is 0.690. The summed E-state index contributed by atoms with van der Waals surface area (Å²) in [7, 11) is 0. The Bertz CT molecular complexity index is 716. The van der Waals surface area contributed by atoms with E-state index < -0.39 is 0 Å². The van der Waals surface area contributed by atoms with E-state index in [1.165, 1.54) is 12.1 Å². The summed E-state index contributed by atoms with van der Waals surface area (Å²) < 4.78 is 24.2. The molecule has 0 bridgehead atoms. The van der Waals surface area contributed by atoms with E-state index in [9.17, 15) is 4.39 Å². The Labute approximate surface area is 110 Å². The third-order valence-electron chi connectivity index (χ3n) is 3.07. The number of halogens is 1. The van der Waals surface area contributed by atoms with Gasteiger partial charge in [-0.2, -0.15) is 0 Å². The largest absolute Gasteiger partial charge is 0.489 e. The van der Waals surface area contributed by atoms with Gasteiger partial charge in [0.15, 0.2) is 0 Å². The molecule has 0 spiro atoms. The minimum absolute atomic E-state index is 0.301. The number of para-hydroxylation sites is 1. The lowest BCUT2D eigenvalue weighted by atomic mass is 10.1. The van der Waals surface area contributed by atoms with Gasteiger partial charge in [0.25, 0.3) is 0 Å². The highest BCUT2D eigenvalue weighted by Gasteiger charge is 2.08. The molecule has 0 saturated heterocycles. The Balaban J connectivity index is 1.84. The number of aryl methyl sites for hydroxylation is 1. The molecule has 19 heavy (non-hydrogen) atoms. The number of hydrogen-bond acceptors (Lipinski definition) is 2. The van der Waals surface area contributed by atoms with E-state index in [1.807, 2.05) is 25.1 Å². The topological polar surface area (TPSA) is 22.4 Å². The van der Waals surface area contributed by atoms with E-state index in [1.54, 1.807) is 18.4 Å². The zero-order valence-electron chi connectivity index (χ0n) is 10.5. The predicted molar refractivity (Wildman–Crippen MR) is 71.7 cm³/mol. The van der Waals surface area contributed by atoms with E-state index in [0.717, 1.165) is 22.1 Å². The first-order valence-corrected chi connectivity index (χ1v) is 6.08. The molecule has 1 aromatic heterocycles. The van der Waals surface area contributed by atoms with Gasteiger partial charge in [-0.1, -0.05) is 24.3 Å². The van der Waals surface area contributed by atoms with Crippen LogP contribution in [-0.4, -0.2) is 0 Å². The van der Waals surface area contributed by atoms with Crippen molar-refractivity contribution in [2.45, 2.75) is 13.5 Å². The fourth-order valence-corrected chi connectivity index (χ4v) is 2.08. The summed E-state index contributed by atoms with van der Waals surface area (Å²) in [6.45, 7) is 2.36. The van der Waals surface area contributed by atoms with Crippen molar-refractivity contribution in [1.29, 1.82) is 0 Å². The normalized spacial score (nSPS) is 10.8. The first-order chi connectivity index (χ1) is 9.24. The Morgan fingerprint density at radius 1 is 1.16 bits per heavy atom. The summed E-state index contributed by atoms with van der Waals surface area (Å²) in [4.78, 5) is 0. The average molecular weight is 256 g/mol. The maximum absolute atomic E-state index is 13.0. The Morgan fingerprint density at radius 3 is 2.84 bits per heavy atom. The van der Waals surface area contributed by atoms with E-state index in [-0.39, 0.29) is 5.82 Å². The molecule has 96 valence electrons. The number of benzene rings is 2. The smallest absolute Gasteiger partial charge is 0.137 e. The summed E-state index contributed by atoms with van der Waals surface area (Å²) >= 11 is 0. The second-order valence-electron chi connectivity index (χ2n) is 4.46. The fraction of sp³-hybridized carbons (Fsp3) is 0.125. The van der Waals surface area contributed by atoms with Gasteiger partial charge in [-0.05, 0) is 24.6 Å². The van der Waals surface area contributed by atoms with Crippen molar-refractivity contribution >= 4 is 11.0 Å². The van der Waals surface area contributed by atoms with Crippen LogP contribution < -0.4 is 4.74 Å². The van der Waals surface area contributed by atoms with Crippen LogP contribution in [0.4, 0.5) is 4.39 Å². The Kier molecular flexibility index (Phi) is 2.95. The minimum Gasteiger partial charge on any atom is -0.489 e. The van der Waals surface area contributed by atoms with Gasteiger partial charge in [0.1, 0.15) is 23.8 Å². The first-order valence-electron chi connectivity index (χ1n) is 6.08. The highest BCUT2D eigenvalue weighted by molar-refractivity contribution is 5.83. The van der Waals surface area contributed by atoms with Crippen LogP contribution in [0.5, 0.6) is 5.75 Å². The monoisotopic (exact) mass is 256 g/mol. The average Bonchev–Trinajstić information content (AvgIpc) is 2.81. The lowest BCUT2D eigenvalue weighted by Crippen LogP contribution is -1.94. The van der Waals surface area contributed by atoms with Gasteiger partial charge in [0.05, 0.1) is 6.26 Å². The molecule has 2 nitrogen and oxygen atoms in total. The van der Waals surface area contributed by atoms with Gasteiger partial charge in [-0.3, -0.25) is 0 Å². The van der Waals surface area contributed by atoms with Crippen LogP contribution in [0.2, 0.25) is 0 Å². The molecule has 1 heterocycles. The molecule has 0 fully saturated rings. The molecule has 0 atom stereocenters. The maximum Gasteiger partial charge on any atom is 0.137 e. The summed E-state index contributed by atoms with van der Waals surface area (Å²) in [5.41, 5.74) is 2.93. The Morgan fingerprint density at radius 2 is 2.00 bits per heavy atom. The molecule has 0 saturated carbocycles. The standard InChI is InChI=1S/C16H13FO2/c1-11-4-2-7-15-12(10-19-16(11)15)9-18-14-6-3-5-13(17)8-14/h2-8,10H,9H2,1H3. The van der Waals surface area contributed by atoms with Crippen molar-refractivity contribution in [3.05, 3.63) is 65.7 Å². The number of fused-ring (bicyclic) bond motifs is 1.